The molecule has 74 valence electrons. The molecule has 0 unspecified atom stereocenters. The fourth-order valence-electron chi connectivity index (χ4n) is 1.62. The van der Waals surface area contributed by atoms with Gasteiger partial charge in [0.1, 0.15) is 0 Å². The third kappa shape index (κ3) is 1.78. The van der Waals surface area contributed by atoms with E-state index in [2.05, 4.69) is 4.99 Å². The quantitative estimate of drug-likeness (QED) is 0.430. The van der Waals surface area contributed by atoms with Gasteiger partial charge in [-0.25, -0.2) is 4.79 Å². The first kappa shape index (κ1) is 9.91. The molecule has 0 saturated heterocycles. The smallest absolute Gasteiger partial charge is 0.211 e. The minimum Gasteiger partial charge on any atom is -0.211 e. The Morgan fingerprint density at radius 3 is 2.60 bits per heavy atom. The van der Waals surface area contributed by atoms with Crippen molar-refractivity contribution in [3.05, 3.63) is 42.0 Å². The number of isocyanates is 1. The summed E-state index contributed by atoms with van der Waals surface area (Å²) in [6.45, 7) is 0. The highest BCUT2D eigenvalue weighted by molar-refractivity contribution is 6.18. The molecule has 2 aromatic carbocycles. The van der Waals surface area contributed by atoms with Crippen molar-refractivity contribution in [1.29, 1.82) is 0 Å². The molecule has 0 N–H and O–H groups in total. The molecule has 0 fully saturated rings. The van der Waals surface area contributed by atoms with Gasteiger partial charge in [0.2, 0.25) is 6.08 Å². The van der Waals surface area contributed by atoms with E-state index in [0.717, 1.165) is 16.3 Å². The van der Waals surface area contributed by atoms with E-state index in [1.807, 2.05) is 30.3 Å². The molecular weight excluding hydrogens is 210 g/mol. The molecule has 2 nitrogen and oxygen atoms in total. The highest BCUT2D eigenvalue weighted by Gasteiger charge is 2.02. The van der Waals surface area contributed by atoms with Crippen LogP contribution in [0, 0.1) is 0 Å². The monoisotopic (exact) mass is 217 g/mol. The zero-order valence-corrected chi connectivity index (χ0v) is 8.66. The fourth-order valence-corrected chi connectivity index (χ4v) is 1.85. The zero-order valence-electron chi connectivity index (χ0n) is 7.90. The van der Waals surface area contributed by atoms with Crippen LogP contribution < -0.4 is 0 Å². The molecule has 0 amide bonds. The lowest BCUT2D eigenvalue weighted by Crippen LogP contribution is -1.81. The van der Waals surface area contributed by atoms with Crippen LogP contribution in [-0.4, -0.2) is 6.08 Å². The van der Waals surface area contributed by atoms with E-state index in [4.69, 9.17) is 11.6 Å². The number of nitrogens with zero attached hydrogens (tertiary/aromatic N) is 1. The molecule has 0 aliphatic heterocycles. The van der Waals surface area contributed by atoms with Crippen molar-refractivity contribution in [3.8, 4) is 0 Å². The summed E-state index contributed by atoms with van der Waals surface area (Å²) in [5.41, 5.74) is 1.67. The largest absolute Gasteiger partial charge is 0.240 e. The maximum absolute atomic E-state index is 10.3. The molecule has 3 heteroatoms. The van der Waals surface area contributed by atoms with Crippen molar-refractivity contribution in [2.75, 3.05) is 0 Å². The Balaban J connectivity index is 2.81. The lowest BCUT2D eigenvalue weighted by atomic mass is 10.0. The summed E-state index contributed by atoms with van der Waals surface area (Å²) in [7, 11) is 0. The molecule has 0 aromatic heterocycles. The molecule has 0 saturated carbocycles. The molecule has 15 heavy (non-hydrogen) atoms. The summed E-state index contributed by atoms with van der Waals surface area (Å²) in [4.78, 5) is 13.9. The summed E-state index contributed by atoms with van der Waals surface area (Å²) in [6, 6.07) is 11.4. The number of aliphatic imine (C=N–C) groups is 1. The number of benzene rings is 2. The van der Waals surface area contributed by atoms with Gasteiger partial charge in [-0.2, -0.15) is 4.99 Å². The Bertz CT molecular complexity index is 544. The molecular formula is C12H8ClNO. The number of rotatable bonds is 2. The summed E-state index contributed by atoms with van der Waals surface area (Å²) in [5, 5.41) is 1.96. The first-order valence-corrected chi connectivity index (χ1v) is 5.04. The standard InChI is InChI=1S/C12H8ClNO/c13-7-9-3-1-5-11-10(9)4-2-6-12(11)14-8-15/h1-6H,7H2. The van der Waals surface area contributed by atoms with E-state index in [1.165, 1.54) is 0 Å². The van der Waals surface area contributed by atoms with Gasteiger partial charge in [-0.1, -0.05) is 30.3 Å². The maximum Gasteiger partial charge on any atom is 0.240 e. The van der Waals surface area contributed by atoms with Crippen LogP contribution in [0.4, 0.5) is 5.69 Å². The highest BCUT2D eigenvalue weighted by Crippen LogP contribution is 2.28. The Hall–Kier alpha value is -1.63. The highest BCUT2D eigenvalue weighted by atomic mass is 35.5. The van der Waals surface area contributed by atoms with Gasteiger partial charge in [-0.3, -0.25) is 0 Å². The topological polar surface area (TPSA) is 29.4 Å². The summed E-state index contributed by atoms with van der Waals surface area (Å²) in [5.74, 6) is 0.450. The maximum atomic E-state index is 10.3. The van der Waals surface area contributed by atoms with Crippen LogP contribution in [0.2, 0.25) is 0 Å². The van der Waals surface area contributed by atoms with Crippen molar-refractivity contribution >= 4 is 34.1 Å². The van der Waals surface area contributed by atoms with Gasteiger partial charge in [0.05, 0.1) is 5.69 Å². The Morgan fingerprint density at radius 1 is 1.13 bits per heavy atom. The van der Waals surface area contributed by atoms with E-state index in [9.17, 15) is 4.79 Å². The van der Waals surface area contributed by atoms with Crippen LogP contribution in [0.5, 0.6) is 0 Å². The second-order valence-corrected chi connectivity index (χ2v) is 3.39. The van der Waals surface area contributed by atoms with Crippen LogP contribution in [0.3, 0.4) is 0 Å². The van der Waals surface area contributed by atoms with Gasteiger partial charge in [-0.15, -0.1) is 11.6 Å². The van der Waals surface area contributed by atoms with E-state index < -0.39 is 0 Å². The van der Waals surface area contributed by atoms with Gasteiger partial charge in [0.25, 0.3) is 0 Å². The average Bonchev–Trinajstić information content (AvgIpc) is 2.29. The predicted octanol–water partition coefficient (Wildman–Crippen LogP) is 3.55. The molecule has 0 radical (unpaired) electrons. The first-order chi connectivity index (χ1) is 7.36. The Morgan fingerprint density at radius 2 is 1.87 bits per heavy atom. The van der Waals surface area contributed by atoms with Crippen LogP contribution in [-0.2, 0) is 10.7 Å². The SMILES string of the molecule is O=C=Nc1cccc2c(CCl)cccc12. The van der Waals surface area contributed by atoms with E-state index in [-0.39, 0.29) is 0 Å². The lowest BCUT2D eigenvalue weighted by molar-refractivity contribution is 0.565. The molecule has 0 aliphatic carbocycles. The van der Waals surface area contributed by atoms with E-state index >= 15 is 0 Å². The summed E-state index contributed by atoms with van der Waals surface area (Å²) >= 11 is 5.83. The van der Waals surface area contributed by atoms with E-state index in [1.54, 1.807) is 12.1 Å². The molecule has 0 heterocycles. The number of alkyl halides is 1. The van der Waals surface area contributed by atoms with E-state index in [0.29, 0.717) is 11.6 Å². The van der Waals surface area contributed by atoms with Gasteiger partial charge in [-0.05, 0) is 17.0 Å². The molecule has 2 aromatic rings. The number of hydrogen-bond donors (Lipinski definition) is 0. The minimum absolute atomic E-state index is 0.450. The molecule has 0 spiro atoms. The first-order valence-electron chi connectivity index (χ1n) is 4.51. The van der Waals surface area contributed by atoms with Gasteiger partial charge in [0, 0.05) is 11.3 Å². The zero-order chi connectivity index (χ0) is 10.7. The average molecular weight is 218 g/mol. The molecule has 0 aliphatic rings. The molecule has 0 bridgehead atoms. The van der Waals surface area contributed by atoms with Crippen molar-refractivity contribution in [2.24, 2.45) is 4.99 Å². The second-order valence-electron chi connectivity index (χ2n) is 3.13. The number of fused-ring (bicyclic) bond motifs is 1. The third-order valence-electron chi connectivity index (χ3n) is 2.30. The normalized spacial score (nSPS) is 9.93. The molecule has 0 atom stereocenters. The van der Waals surface area contributed by atoms with Crippen LogP contribution in [0.15, 0.2) is 41.4 Å². The summed E-state index contributed by atoms with van der Waals surface area (Å²) < 4.78 is 0. The Labute approximate surface area is 92.2 Å². The van der Waals surface area contributed by atoms with Crippen LogP contribution in [0.1, 0.15) is 5.56 Å². The van der Waals surface area contributed by atoms with Crippen LogP contribution in [0.25, 0.3) is 10.8 Å². The number of halogens is 1. The van der Waals surface area contributed by atoms with Crippen molar-refractivity contribution < 1.29 is 4.79 Å². The van der Waals surface area contributed by atoms with Gasteiger partial charge >= 0.3 is 0 Å². The van der Waals surface area contributed by atoms with Crippen molar-refractivity contribution in [2.45, 2.75) is 5.88 Å². The van der Waals surface area contributed by atoms with Gasteiger partial charge in [0.15, 0.2) is 0 Å². The number of hydrogen-bond acceptors (Lipinski definition) is 2. The second kappa shape index (κ2) is 4.26. The predicted molar refractivity (Wildman–Crippen MR) is 61.3 cm³/mol. The molecule has 2 rings (SSSR count). The lowest BCUT2D eigenvalue weighted by Gasteiger charge is -2.04. The number of carbonyl (C=O) groups excluding carboxylic acids is 1. The minimum atomic E-state index is 0.450. The van der Waals surface area contributed by atoms with Crippen molar-refractivity contribution in [3.63, 3.8) is 0 Å². The Kier molecular flexibility index (Phi) is 2.82. The van der Waals surface area contributed by atoms with Gasteiger partial charge < -0.3 is 0 Å². The van der Waals surface area contributed by atoms with Crippen molar-refractivity contribution in [1.82, 2.24) is 0 Å². The summed E-state index contributed by atoms with van der Waals surface area (Å²) in [6.07, 6.45) is 1.56. The van der Waals surface area contributed by atoms with Crippen LogP contribution >= 0.6 is 11.6 Å². The fraction of sp³-hybridized carbons (Fsp3) is 0.0833. The third-order valence-corrected chi connectivity index (χ3v) is 2.59.